The molecule has 1 aliphatic heterocycles. The molecule has 0 unspecified atom stereocenters. The molecular formula is C21H28N3O2+. The molecule has 0 bridgehead atoms. The van der Waals surface area contributed by atoms with Crippen LogP contribution in [-0.4, -0.2) is 45.2 Å². The van der Waals surface area contributed by atoms with Gasteiger partial charge in [0.25, 0.3) is 5.91 Å². The first-order chi connectivity index (χ1) is 12.6. The summed E-state index contributed by atoms with van der Waals surface area (Å²) in [7, 11) is 1.71. The van der Waals surface area contributed by atoms with Crippen LogP contribution < -0.4 is 19.9 Å². The van der Waals surface area contributed by atoms with Crippen LogP contribution in [0.3, 0.4) is 0 Å². The van der Waals surface area contributed by atoms with Crippen molar-refractivity contribution >= 4 is 17.3 Å². The summed E-state index contributed by atoms with van der Waals surface area (Å²) in [5.74, 6) is 0.982. The molecule has 0 spiro atoms. The van der Waals surface area contributed by atoms with Gasteiger partial charge in [-0.2, -0.15) is 0 Å². The second-order valence-electron chi connectivity index (χ2n) is 6.89. The van der Waals surface area contributed by atoms with E-state index < -0.39 is 0 Å². The zero-order chi connectivity index (χ0) is 18.5. The molecule has 3 rings (SSSR count). The fourth-order valence-corrected chi connectivity index (χ4v) is 3.43. The van der Waals surface area contributed by atoms with Gasteiger partial charge < -0.3 is 19.9 Å². The Balaban J connectivity index is 1.57. The lowest BCUT2D eigenvalue weighted by Crippen LogP contribution is -3.19. The summed E-state index contributed by atoms with van der Waals surface area (Å²) in [4.78, 5) is 16.2. The highest BCUT2D eigenvalue weighted by Crippen LogP contribution is 2.27. The molecule has 2 N–H and O–H groups in total. The number of quaternary nitrogens is 1. The van der Waals surface area contributed by atoms with Gasteiger partial charge in [-0.25, -0.2) is 0 Å². The predicted octanol–water partition coefficient (Wildman–Crippen LogP) is 1.74. The van der Waals surface area contributed by atoms with Crippen LogP contribution in [0.1, 0.15) is 12.5 Å². The van der Waals surface area contributed by atoms with Crippen LogP contribution in [0.4, 0.5) is 11.4 Å². The minimum Gasteiger partial charge on any atom is -0.495 e. The number of carbonyl (C=O) groups is 1. The fourth-order valence-electron chi connectivity index (χ4n) is 3.43. The normalized spacial score (nSPS) is 16.2. The summed E-state index contributed by atoms with van der Waals surface area (Å²) in [6.45, 7) is 7.74. The molecule has 1 amide bonds. The van der Waals surface area contributed by atoms with Crippen molar-refractivity contribution < 1.29 is 14.4 Å². The number of anilines is 2. The zero-order valence-electron chi connectivity index (χ0n) is 15.8. The van der Waals surface area contributed by atoms with E-state index >= 15 is 0 Å². The summed E-state index contributed by atoms with van der Waals surface area (Å²) >= 11 is 0. The zero-order valence-corrected chi connectivity index (χ0v) is 15.8. The van der Waals surface area contributed by atoms with Crippen LogP contribution >= 0.6 is 0 Å². The lowest BCUT2D eigenvalue weighted by atomic mass is 10.1. The average Bonchev–Trinajstić information content (AvgIpc) is 2.69. The summed E-state index contributed by atoms with van der Waals surface area (Å²) < 4.78 is 5.47. The molecule has 1 saturated heterocycles. The Morgan fingerprint density at radius 2 is 1.77 bits per heavy atom. The highest BCUT2D eigenvalue weighted by atomic mass is 16.5. The van der Waals surface area contributed by atoms with Gasteiger partial charge in [0.05, 0.1) is 39.0 Å². The summed E-state index contributed by atoms with van der Waals surface area (Å²) in [5, 5.41) is 3.03. The van der Waals surface area contributed by atoms with Gasteiger partial charge in [0.2, 0.25) is 0 Å². The number of piperazine rings is 1. The summed E-state index contributed by atoms with van der Waals surface area (Å²) in [6, 6.07) is 16.0. The number of carbonyl (C=O) groups excluding carboxylic acids is 1. The molecule has 2 aromatic rings. The molecule has 1 fully saturated rings. The van der Waals surface area contributed by atoms with Crippen molar-refractivity contribution in [2.24, 2.45) is 0 Å². The van der Waals surface area contributed by atoms with Gasteiger partial charge in [-0.05, 0) is 38.1 Å². The molecule has 5 nitrogen and oxygen atoms in total. The Kier molecular flexibility index (Phi) is 5.78. The first-order valence-electron chi connectivity index (χ1n) is 9.18. The lowest BCUT2D eigenvalue weighted by molar-refractivity contribution is -0.914. The highest BCUT2D eigenvalue weighted by molar-refractivity contribution is 5.93. The van der Waals surface area contributed by atoms with Crippen molar-refractivity contribution in [3.05, 3.63) is 54.1 Å². The number of aryl methyl sites for hydroxylation is 1. The highest BCUT2D eigenvalue weighted by Gasteiger charge is 2.30. The van der Waals surface area contributed by atoms with E-state index in [0.29, 0.717) is 0 Å². The van der Waals surface area contributed by atoms with Gasteiger partial charge in [0, 0.05) is 5.69 Å². The van der Waals surface area contributed by atoms with Crippen molar-refractivity contribution in [3.63, 3.8) is 0 Å². The quantitative estimate of drug-likeness (QED) is 0.860. The Bertz CT molecular complexity index is 737. The first-order valence-corrected chi connectivity index (χ1v) is 9.18. The van der Waals surface area contributed by atoms with E-state index in [2.05, 4.69) is 16.3 Å². The minimum atomic E-state index is -0.0730. The smallest absolute Gasteiger partial charge is 0.282 e. The van der Waals surface area contributed by atoms with Crippen LogP contribution in [0.25, 0.3) is 0 Å². The van der Waals surface area contributed by atoms with Crippen LogP contribution in [-0.2, 0) is 4.79 Å². The number of ether oxygens (including phenoxy) is 1. The third-order valence-corrected chi connectivity index (χ3v) is 5.16. The van der Waals surface area contributed by atoms with Gasteiger partial charge in [0.1, 0.15) is 5.75 Å². The topological polar surface area (TPSA) is 46.0 Å². The fraction of sp³-hybridized carbons (Fsp3) is 0.381. The molecule has 1 atom stereocenters. The monoisotopic (exact) mass is 354 g/mol. The molecule has 0 saturated carbocycles. The molecule has 1 aliphatic rings. The number of hydrogen-bond donors (Lipinski definition) is 2. The van der Waals surface area contributed by atoms with Gasteiger partial charge in [-0.15, -0.1) is 0 Å². The van der Waals surface area contributed by atoms with Crippen molar-refractivity contribution in [1.29, 1.82) is 0 Å². The number of benzene rings is 2. The van der Waals surface area contributed by atoms with Crippen LogP contribution in [0, 0.1) is 6.92 Å². The van der Waals surface area contributed by atoms with E-state index in [-0.39, 0.29) is 11.9 Å². The minimum absolute atomic E-state index is 0.0730. The SMILES string of the molecule is COc1ccccc1N1CC[NH+]([C@H](C)C(=O)Nc2ccc(C)cc2)CC1. The molecule has 138 valence electrons. The summed E-state index contributed by atoms with van der Waals surface area (Å²) in [5.41, 5.74) is 3.18. The van der Waals surface area contributed by atoms with E-state index in [1.54, 1.807) is 7.11 Å². The molecule has 0 aliphatic carbocycles. The van der Waals surface area contributed by atoms with Crippen molar-refractivity contribution in [2.75, 3.05) is 43.5 Å². The number of methoxy groups -OCH3 is 1. The maximum absolute atomic E-state index is 12.6. The largest absolute Gasteiger partial charge is 0.495 e. The molecule has 0 aromatic heterocycles. The summed E-state index contributed by atoms with van der Waals surface area (Å²) in [6.07, 6.45) is 0. The number of nitrogens with zero attached hydrogens (tertiary/aromatic N) is 1. The third kappa shape index (κ3) is 4.17. The van der Waals surface area contributed by atoms with Crippen LogP contribution in [0.2, 0.25) is 0 Å². The Labute approximate surface area is 155 Å². The maximum atomic E-state index is 12.6. The molecule has 1 heterocycles. The number of nitrogens with one attached hydrogen (secondary N) is 2. The molecule has 26 heavy (non-hydrogen) atoms. The number of para-hydroxylation sites is 2. The van der Waals surface area contributed by atoms with E-state index in [1.165, 1.54) is 10.5 Å². The molecule has 5 heteroatoms. The van der Waals surface area contributed by atoms with E-state index in [1.807, 2.05) is 56.3 Å². The van der Waals surface area contributed by atoms with E-state index in [4.69, 9.17) is 4.74 Å². The van der Waals surface area contributed by atoms with Gasteiger partial charge in [-0.1, -0.05) is 29.8 Å². The standard InChI is InChI=1S/C21H27N3O2/c1-16-8-10-18(11-9-16)22-21(25)17(2)23-12-14-24(15-13-23)19-6-4-5-7-20(19)26-3/h4-11,17H,12-15H2,1-3H3,(H,22,25)/p+1/t17-/m1/s1. The second kappa shape index (κ2) is 8.23. The van der Waals surface area contributed by atoms with Crippen LogP contribution in [0.15, 0.2) is 48.5 Å². The lowest BCUT2D eigenvalue weighted by Gasteiger charge is -2.36. The van der Waals surface area contributed by atoms with Crippen molar-refractivity contribution in [2.45, 2.75) is 19.9 Å². The first kappa shape index (κ1) is 18.3. The van der Waals surface area contributed by atoms with E-state index in [9.17, 15) is 4.79 Å². The third-order valence-electron chi connectivity index (χ3n) is 5.16. The number of rotatable bonds is 5. The van der Waals surface area contributed by atoms with Crippen molar-refractivity contribution in [3.8, 4) is 5.75 Å². The Morgan fingerprint density at radius 1 is 1.12 bits per heavy atom. The van der Waals surface area contributed by atoms with Gasteiger partial charge in [0.15, 0.2) is 6.04 Å². The number of hydrogen-bond acceptors (Lipinski definition) is 3. The Morgan fingerprint density at radius 3 is 2.42 bits per heavy atom. The van der Waals surface area contributed by atoms with Gasteiger partial charge in [-0.3, -0.25) is 4.79 Å². The molecule has 0 radical (unpaired) electrons. The Hall–Kier alpha value is -2.53. The second-order valence-corrected chi connectivity index (χ2v) is 6.89. The predicted molar refractivity (Wildman–Crippen MR) is 105 cm³/mol. The average molecular weight is 354 g/mol. The maximum Gasteiger partial charge on any atom is 0.282 e. The van der Waals surface area contributed by atoms with Crippen LogP contribution in [0.5, 0.6) is 5.75 Å². The van der Waals surface area contributed by atoms with E-state index in [0.717, 1.165) is 43.3 Å². The molecular weight excluding hydrogens is 326 g/mol. The molecule has 2 aromatic carbocycles. The van der Waals surface area contributed by atoms with Crippen molar-refractivity contribution in [1.82, 2.24) is 0 Å². The number of amides is 1. The van der Waals surface area contributed by atoms with Gasteiger partial charge >= 0.3 is 0 Å².